The van der Waals surface area contributed by atoms with Crippen LogP contribution in [0.25, 0.3) is 0 Å². The zero-order chi connectivity index (χ0) is 10.4. The van der Waals surface area contributed by atoms with Gasteiger partial charge in [0.2, 0.25) is 0 Å². The maximum Gasteiger partial charge on any atom is 0.316 e. The van der Waals surface area contributed by atoms with Gasteiger partial charge in [-0.3, -0.25) is 0 Å². The molecule has 4 nitrogen and oxygen atoms in total. The van der Waals surface area contributed by atoms with E-state index in [2.05, 4.69) is 10.6 Å². The number of carbonyl (C=O) groups excluding carboxylic acids is 1. The zero-order valence-corrected chi connectivity index (χ0v) is 9.18. The van der Waals surface area contributed by atoms with Crippen molar-refractivity contribution in [2.24, 2.45) is 5.92 Å². The molecule has 4 heteroatoms. The van der Waals surface area contributed by atoms with E-state index in [1.165, 1.54) is 12.8 Å². The van der Waals surface area contributed by atoms with Crippen molar-refractivity contribution in [3.8, 4) is 0 Å². The van der Waals surface area contributed by atoms with E-state index in [4.69, 9.17) is 0 Å². The van der Waals surface area contributed by atoms with Gasteiger partial charge in [-0.2, -0.15) is 0 Å². The summed E-state index contributed by atoms with van der Waals surface area (Å²) in [6, 6.07) is 0.00884. The van der Waals surface area contributed by atoms with Crippen molar-refractivity contribution in [1.29, 1.82) is 0 Å². The molecule has 1 rings (SSSR count). The molecule has 2 amide bonds. The number of hydrogen-bond acceptors (Lipinski definition) is 2. The fourth-order valence-corrected chi connectivity index (χ4v) is 1.87. The van der Waals surface area contributed by atoms with Crippen LogP contribution in [0.2, 0.25) is 0 Å². The first kappa shape index (κ1) is 11.3. The summed E-state index contributed by atoms with van der Waals surface area (Å²) in [6.07, 6.45) is 3.63. The van der Waals surface area contributed by atoms with Crippen LogP contribution in [0.3, 0.4) is 0 Å². The highest BCUT2D eigenvalue weighted by Crippen LogP contribution is 2.14. The molecule has 0 bridgehead atoms. The summed E-state index contributed by atoms with van der Waals surface area (Å²) in [5.74, 6) is 0.827. The van der Waals surface area contributed by atoms with Crippen molar-refractivity contribution >= 4 is 6.03 Å². The van der Waals surface area contributed by atoms with Crippen LogP contribution < -0.4 is 10.6 Å². The maximum absolute atomic E-state index is 11.1. The van der Waals surface area contributed by atoms with E-state index in [9.17, 15) is 4.79 Å². The predicted molar refractivity (Wildman–Crippen MR) is 57.3 cm³/mol. The van der Waals surface area contributed by atoms with E-state index in [-0.39, 0.29) is 6.03 Å². The van der Waals surface area contributed by atoms with Crippen LogP contribution in [0.4, 0.5) is 4.79 Å². The number of amides is 2. The fraction of sp³-hybridized carbons (Fsp3) is 0.900. The minimum Gasteiger partial charge on any atom is -0.341 e. The Morgan fingerprint density at radius 1 is 1.64 bits per heavy atom. The molecular weight excluding hydrogens is 178 g/mol. The van der Waals surface area contributed by atoms with Crippen molar-refractivity contribution < 1.29 is 4.79 Å². The Kier molecular flexibility index (Phi) is 4.73. The van der Waals surface area contributed by atoms with E-state index in [1.54, 1.807) is 11.9 Å². The molecule has 0 radical (unpaired) electrons. The highest BCUT2D eigenvalue weighted by atomic mass is 16.2. The number of nitrogens with one attached hydrogen (secondary N) is 2. The second-order valence-corrected chi connectivity index (χ2v) is 3.98. The molecule has 1 aliphatic rings. The van der Waals surface area contributed by atoms with Gasteiger partial charge in [0.15, 0.2) is 0 Å². The lowest BCUT2D eigenvalue weighted by atomic mass is 10.0. The van der Waals surface area contributed by atoms with Gasteiger partial charge in [0.05, 0.1) is 0 Å². The molecule has 1 aliphatic heterocycles. The molecule has 0 saturated carbocycles. The second kappa shape index (κ2) is 5.86. The molecule has 0 aromatic rings. The third-order valence-electron chi connectivity index (χ3n) is 2.83. The summed E-state index contributed by atoms with van der Waals surface area (Å²) < 4.78 is 0. The third-order valence-corrected chi connectivity index (χ3v) is 2.83. The fourth-order valence-electron chi connectivity index (χ4n) is 1.87. The predicted octanol–water partition coefficient (Wildman–Crippen LogP) is 0.647. The van der Waals surface area contributed by atoms with E-state index >= 15 is 0 Å². The molecule has 0 spiro atoms. The van der Waals surface area contributed by atoms with Crippen LogP contribution in [-0.2, 0) is 0 Å². The summed E-state index contributed by atoms with van der Waals surface area (Å²) >= 11 is 0. The molecule has 1 fully saturated rings. The number of rotatable bonds is 4. The molecule has 0 aliphatic carbocycles. The first-order valence-electron chi connectivity index (χ1n) is 5.37. The van der Waals surface area contributed by atoms with Crippen LogP contribution in [0.5, 0.6) is 0 Å². The lowest BCUT2D eigenvalue weighted by molar-refractivity contribution is 0.209. The standard InChI is InChI=1S/C10H21N3O/c1-11-10(14)13(2)7-3-4-9-5-6-12-8-9/h9,12H,3-8H2,1-2H3,(H,11,14). The highest BCUT2D eigenvalue weighted by molar-refractivity contribution is 5.73. The van der Waals surface area contributed by atoms with Gasteiger partial charge in [-0.1, -0.05) is 0 Å². The lowest BCUT2D eigenvalue weighted by Crippen LogP contribution is -2.35. The van der Waals surface area contributed by atoms with Crippen LogP contribution in [0, 0.1) is 5.92 Å². The van der Waals surface area contributed by atoms with Gasteiger partial charge in [0.25, 0.3) is 0 Å². The van der Waals surface area contributed by atoms with Crippen LogP contribution in [-0.4, -0.2) is 44.7 Å². The Bertz CT molecular complexity index is 178. The summed E-state index contributed by atoms with van der Waals surface area (Å²) in [5, 5.41) is 5.97. The minimum absolute atomic E-state index is 0.00884. The monoisotopic (exact) mass is 199 g/mol. The average Bonchev–Trinajstić information content (AvgIpc) is 2.69. The van der Waals surface area contributed by atoms with E-state index in [0.717, 1.165) is 32.0 Å². The van der Waals surface area contributed by atoms with Crippen LogP contribution >= 0.6 is 0 Å². The number of nitrogens with zero attached hydrogens (tertiary/aromatic N) is 1. The zero-order valence-electron chi connectivity index (χ0n) is 9.18. The molecule has 1 saturated heterocycles. The van der Waals surface area contributed by atoms with E-state index < -0.39 is 0 Å². The number of hydrogen-bond donors (Lipinski definition) is 2. The summed E-state index contributed by atoms with van der Waals surface area (Å²) in [4.78, 5) is 12.9. The van der Waals surface area contributed by atoms with Crippen molar-refractivity contribution in [3.63, 3.8) is 0 Å². The van der Waals surface area contributed by atoms with Gasteiger partial charge in [0, 0.05) is 20.6 Å². The molecule has 0 aromatic heterocycles. The molecule has 82 valence electrons. The normalized spacial score (nSPS) is 20.9. The van der Waals surface area contributed by atoms with Crippen molar-refractivity contribution in [2.45, 2.75) is 19.3 Å². The quantitative estimate of drug-likeness (QED) is 0.698. The Hall–Kier alpha value is -0.770. The molecular formula is C10H21N3O. The molecule has 2 N–H and O–H groups in total. The Labute approximate surface area is 86.0 Å². The maximum atomic E-state index is 11.1. The summed E-state index contributed by atoms with van der Waals surface area (Å²) in [6.45, 7) is 3.18. The Balaban J connectivity index is 2.05. The largest absolute Gasteiger partial charge is 0.341 e. The summed E-state index contributed by atoms with van der Waals surface area (Å²) in [5.41, 5.74) is 0. The molecule has 14 heavy (non-hydrogen) atoms. The molecule has 0 aromatic carbocycles. The highest BCUT2D eigenvalue weighted by Gasteiger charge is 2.14. The SMILES string of the molecule is CNC(=O)N(C)CCCC1CCNC1. The van der Waals surface area contributed by atoms with Gasteiger partial charge >= 0.3 is 6.03 Å². The first-order chi connectivity index (χ1) is 6.74. The van der Waals surface area contributed by atoms with Crippen molar-refractivity contribution in [3.05, 3.63) is 0 Å². The Morgan fingerprint density at radius 2 is 2.43 bits per heavy atom. The smallest absolute Gasteiger partial charge is 0.316 e. The Morgan fingerprint density at radius 3 is 3.00 bits per heavy atom. The van der Waals surface area contributed by atoms with Gasteiger partial charge in [-0.25, -0.2) is 4.79 Å². The first-order valence-corrected chi connectivity index (χ1v) is 5.37. The number of carbonyl (C=O) groups is 1. The van der Waals surface area contributed by atoms with E-state index in [1.807, 2.05) is 7.05 Å². The average molecular weight is 199 g/mol. The number of urea groups is 1. The summed E-state index contributed by atoms with van der Waals surface area (Å²) in [7, 11) is 3.51. The third kappa shape index (κ3) is 3.54. The molecule has 1 unspecified atom stereocenters. The minimum atomic E-state index is 0.00884. The second-order valence-electron chi connectivity index (χ2n) is 3.98. The van der Waals surface area contributed by atoms with Gasteiger partial charge in [-0.15, -0.1) is 0 Å². The van der Waals surface area contributed by atoms with Gasteiger partial charge in [-0.05, 0) is 38.3 Å². The van der Waals surface area contributed by atoms with Crippen molar-refractivity contribution in [1.82, 2.24) is 15.5 Å². The van der Waals surface area contributed by atoms with Gasteiger partial charge < -0.3 is 15.5 Å². The van der Waals surface area contributed by atoms with Crippen molar-refractivity contribution in [2.75, 3.05) is 33.7 Å². The lowest BCUT2D eigenvalue weighted by Gasteiger charge is -2.17. The molecule has 1 heterocycles. The van der Waals surface area contributed by atoms with Crippen LogP contribution in [0.15, 0.2) is 0 Å². The topological polar surface area (TPSA) is 44.4 Å². The van der Waals surface area contributed by atoms with Gasteiger partial charge in [0.1, 0.15) is 0 Å². The van der Waals surface area contributed by atoms with E-state index in [0.29, 0.717) is 0 Å². The van der Waals surface area contributed by atoms with Crippen LogP contribution in [0.1, 0.15) is 19.3 Å². The molecule has 1 atom stereocenters.